The van der Waals surface area contributed by atoms with Crippen molar-refractivity contribution in [3.8, 4) is 0 Å². The Morgan fingerprint density at radius 3 is 2.54 bits per heavy atom. The van der Waals surface area contributed by atoms with E-state index in [-0.39, 0.29) is 18.3 Å². The number of nitrogens with zero attached hydrogens (tertiary/aromatic N) is 2. The Kier molecular flexibility index (Phi) is 7.49. The number of amides is 1. The second-order valence-electron chi connectivity index (χ2n) is 6.19. The van der Waals surface area contributed by atoms with Crippen LogP contribution in [0.4, 0.5) is 0 Å². The summed E-state index contributed by atoms with van der Waals surface area (Å²) in [6.07, 6.45) is 6.13. The van der Waals surface area contributed by atoms with Gasteiger partial charge in [0.1, 0.15) is 0 Å². The Morgan fingerprint density at radius 2 is 1.88 bits per heavy atom. The topological polar surface area (TPSA) is 81.2 Å². The van der Waals surface area contributed by atoms with Crippen LogP contribution >= 0.6 is 11.8 Å². The number of thioether (sulfide) groups is 1. The summed E-state index contributed by atoms with van der Waals surface area (Å²) >= 11 is 1.22. The lowest BCUT2D eigenvalue weighted by Crippen LogP contribution is -2.33. The molecule has 0 spiro atoms. The molecule has 0 aliphatic heterocycles. The molecular weight excluding hydrogens is 326 g/mol. The van der Waals surface area contributed by atoms with Crippen LogP contribution in [-0.4, -0.2) is 40.7 Å². The van der Waals surface area contributed by atoms with Crippen molar-refractivity contribution < 1.29 is 14.3 Å². The number of nitrogens with one attached hydrogen (secondary N) is 1. The zero-order valence-electron chi connectivity index (χ0n) is 14.3. The van der Waals surface area contributed by atoms with Gasteiger partial charge in [0.25, 0.3) is 5.91 Å². The number of hydrogen-bond acceptors (Lipinski definition) is 6. The summed E-state index contributed by atoms with van der Waals surface area (Å²) in [7, 11) is 0. The van der Waals surface area contributed by atoms with E-state index >= 15 is 0 Å². The summed E-state index contributed by atoms with van der Waals surface area (Å²) in [5, 5.41) is 3.40. The van der Waals surface area contributed by atoms with Gasteiger partial charge in [-0.25, -0.2) is 9.97 Å². The number of aryl methyl sites for hydroxylation is 2. The molecule has 0 unspecified atom stereocenters. The Bertz CT molecular complexity index is 554. The van der Waals surface area contributed by atoms with Crippen LogP contribution in [0.5, 0.6) is 0 Å². The van der Waals surface area contributed by atoms with Gasteiger partial charge in [0.15, 0.2) is 11.8 Å². The first-order chi connectivity index (χ1) is 11.5. The van der Waals surface area contributed by atoms with Crippen molar-refractivity contribution in [3.05, 3.63) is 17.5 Å². The predicted molar refractivity (Wildman–Crippen MR) is 92.8 cm³/mol. The van der Waals surface area contributed by atoms with Gasteiger partial charge in [-0.1, -0.05) is 31.0 Å². The Balaban J connectivity index is 1.62. The minimum atomic E-state index is -0.435. The fourth-order valence-electron chi connectivity index (χ4n) is 2.77. The van der Waals surface area contributed by atoms with Crippen LogP contribution in [0.15, 0.2) is 11.2 Å². The standard InChI is InChI=1S/C17H25N3O3S/c1-12-8-13(2)20-17(19-12)24-11-16(22)23-10-15(21)18-9-14-6-4-3-5-7-14/h8,14H,3-7,9-11H2,1-2H3,(H,18,21). The first-order valence-electron chi connectivity index (χ1n) is 8.40. The Hall–Kier alpha value is -1.63. The molecule has 0 aromatic carbocycles. The third kappa shape index (κ3) is 6.86. The van der Waals surface area contributed by atoms with Crippen LogP contribution in [0.25, 0.3) is 0 Å². The van der Waals surface area contributed by atoms with E-state index in [1.807, 2.05) is 19.9 Å². The van der Waals surface area contributed by atoms with Gasteiger partial charge in [-0.15, -0.1) is 0 Å². The van der Waals surface area contributed by atoms with E-state index in [0.717, 1.165) is 11.4 Å². The first-order valence-corrected chi connectivity index (χ1v) is 9.39. The van der Waals surface area contributed by atoms with Crippen molar-refractivity contribution in [1.82, 2.24) is 15.3 Å². The summed E-state index contributed by atoms with van der Waals surface area (Å²) in [6.45, 7) is 4.22. The normalized spacial score (nSPS) is 15.1. The number of ether oxygens (including phenoxy) is 1. The molecule has 6 nitrogen and oxygen atoms in total. The number of rotatable bonds is 7. The minimum absolute atomic E-state index is 0.0960. The molecule has 1 N–H and O–H groups in total. The number of carbonyl (C=O) groups is 2. The zero-order valence-corrected chi connectivity index (χ0v) is 15.2. The lowest BCUT2D eigenvalue weighted by atomic mass is 9.89. The van der Waals surface area contributed by atoms with Crippen molar-refractivity contribution in [2.75, 3.05) is 18.9 Å². The average Bonchev–Trinajstić information content (AvgIpc) is 2.56. The van der Waals surface area contributed by atoms with Gasteiger partial charge in [0, 0.05) is 17.9 Å². The summed E-state index contributed by atoms with van der Waals surface area (Å²) < 4.78 is 5.00. The van der Waals surface area contributed by atoms with Gasteiger partial charge in [0.05, 0.1) is 5.75 Å². The lowest BCUT2D eigenvalue weighted by Gasteiger charge is -2.21. The highest BCUT2D eigenvalue weighted by atomic mass is 32.2. The smallest absolute Gasteiger partial charge is 0.316 e. The number of esters is 1. The van der Waals surface area contributed by atoms with Crippen LogP contribution < -0.4 is 5.32 Å². The van der Waals surface area contributed by atoms with E-state index in [1.54, 1.807) is 0 Å². The van der Waals surface area contributed by atoms with E-state index in [1.165, 1.54) is 43.9 Å². The molecule has 1 saturated carbocycles. The molecule has 1 aliphatic rings. The second-order valence-corrected chi connectivity index (χ2v) is 7.13. The van der Waals surface area contributed by atoms with E-state index in [2.05, 4.69) is 15.3 Å². The van der Waals surface area contributed by atoms with Gasteiger partial charge in [-0.3, -0.25) is 9.59 Å². The maximum absolute atomic E-state index is 11.7. The molecule has 1 heterocycles. The average molecular weight is 351 g/mol. The van der Waals surface area contributed by atoms with Crippen LogP contribution in [0.2, 0.25) is 0 Å². The molecule has 1 aromatic heterocycles. The highest BCUT2D eigenvalue weighted by Crippen LogP contribution is 2.22. The molecule has 0 bridgehead atoms. The van der Waals surface area contributed by atoms with Crippen LogP contribution in [0, 0.1) is 19.8 Å². The highest BCUT2D eigenvalue weighted by molar-refractivity contribution is 7.99. The van der Waals surface area contributed by atoms with Gasteiger partial charge >= 0.3 is 5.97 Å². The molecule has 24 heavy (non-hydrogen) atoms. The van der Waals surface area contributed by atoms with Crippen LogP contribution in [0.3, 0.4) is 0 Å². The van der Waals surface area contributed by atoms with Crippen molar-refractivity contribution in [2.45, 2.75) is 51.1 Å². The number of carbonyl (C=O) groups excluding carboxylic acids is 2. The summed E-state index contributed by atoms with van der Waals surface area (Å²) in [6, 6.07) is 1.87. The Labute approximate surface area is 147 Å². The maximum atomic E-state index is 11.7. The SMILES string of the molecule is Cc1cc(C)nc(SCC(=O)OCC(=O)NCC2CCCCC2)n1. The van der Waals surface area contributed by atoms with Crippen molar-refractivity contribution in [2.24, 2.45) is 5.92 Å². The first kappa shape index (κ1) is 18.7. The molecule has 7 heteroatoms. The third-order valence-corrected chi connectivity index (χ3v) is 4.78. The largest absolute Gasteiger partial charge is 0.455 e. The number of hydrogen-bond donors (Lipinski definition) is 1. The fourth-order valence-corrected chi connectivity index (χ4v) is 3.52. The molecule has 0 saturated heterocycles. The third-order valence-electron chi connectivity index (χ3n) is 3.96. The summed E-state index contributed by atoms with van der Waals surface area (Å²) in [4.78, 5) is 31.9. The summed E-state index contributed by atoms with van der Waals surface area (Å²) in [5.41, 5.74) is 1.72. The molecule has 1 amide bonds. The highest BCUT2D eigenvalue weighted by Gasteiger charge is 2.15. The van der Waals surface area contributed by atoms with E-state index in [0.29, 0.717) is 17.6 Å². The van der Waals surface area contributed by atoms with Gasteiger partial charge in [-0.2, -0.15) is 0 Å². The van der Waals surface area contributed by atoms with E-state index < -0.39 is 5.97 Å². The van der Waals surface area contributed by atoms with Crippen molar-refractivity contribution >= 4 is 23.6 Å². The van der Waals surface area contributed by atoms with E-state index in [4.69, 9.17) is 4.74 Å². The van der Waals surface area contributed by atoms with Crippen LogP contribution in [0.1, 0.15) is 43.5 Å². The molecule has 2 rings (SSSR count). The zero-order chi connectivity index (χ0) is 17.4. The lowest BCUT2D eigenvalue weighted by molar-refractivity contribution is -0.146. The molecule has 0 atom stereocenters. The molecule has 1 aromatic rings. The fraction of sp³-hybridized carbons (Fsp3) is 0.647. The molecule has 132 valence electrons. The predicted octanol–water partition coefficient (Wildman–Crippen LogP) is 2.43. The van der Waals surface area contributed by atoms with Crippen molar-refractivity contribution in [1.29, 1.82) is 0 Å². The van der Waals surface area contributed by atoms with Crippen molar-refractivity contribution in [3.63, 3.8) is 0 Å². The molecule has 0 radical (unpaired) electrons. The second kappa shape index (κ2) is 9.61. The Morgan fingerprint density at radius 1 is 1.21 bits per heavy atom. The van der Waals surface area contributed by atoms with E-state index in [9.17, 15) is 9.59 Å². The molecule has 1 fully saturated rings. The van der Waals surface area contributed by atoms with Crippen LogP contribution in [-0.2, 0) is 14.3 Å². The minimum Gasteiger partial charge on any atom is -0.455 e. The van der Waals surface area contributed by atoms with Gasteiger partial charge < -0.3 is 10.1 Å². The summed E-state index contributed by atoms with van der Waals surface area (Å²) in [5.74, 6) is -0.00785. The maximum Gasteiger partial charge on any atom is 0.316 e. The monoisotopic (exact) mass is 351 g/mol. The van der Waals surface area contributed by atoms with Gasteiger partial charge in [-0.05, 0) is 38.7 Å². The van der Waals surface area contributed by atoms with Gasteiger partial charge in [0.2, 0.25) is 0 Å². The molecule has 1 aliphatic carbocycles. The number of aromatic nitrogens is 2. The quantitative estimate of drug-likeness (QED) is 0.462. The molecular formula is C17H25N3O3S.